The summed E-state index contributed by atoms with van der Waals surface area (Å²) in [5.74, 6) is 1.43. The first-order valence-corrected chi connectivity index (χ1v) is 7.66. The van der Waals surface area contributed by atoms with Crippen LogP contribution in [0.15, 0.2) is 18.2 Å². The minimum absolute atomic E-state index is 0.237. The molecule has 0 aromatic heterocycles. The number of nitrogens with zero attached hydrogens (tertiary/aromatic N) is 1. The van der Waals surface area contributed by atoms with Crippen molar-refractivity contribution in [2.24, 2.45) is 5.73 Å². The molecule has 0 aliphatic carbocycles. The van der Waals surface area contributed by atoms with E-state index in [0.29, 0.717) is 25.7 Å². The number of carbonyl (C=O) groups excluding carboxylic acids is 1. The second-order valence-corrected chi connectivity index (χ2v) is 5.67. The SMILES string of the molecule is NC(=O)CCN1CCCC1c1ccc2c(c1)OCCCO2. The molecule has 2 aliphatic rings. The topological polar surface area (TPSA) is 64.8 Å². The predicted octanol–water partition coefficient (Wildman–Crippen LogP) is 1.86. The van der Waals surface area contributed by atoms with E-state index >= 15 is 0 Å². The quantitative estimate of drug-likeness (QED) is 0.919. The van der Waals surface area contributed by atoms with Crippen molar-refractivity contribution in [1.29, 1.82) is 0 Å². The number of hydrogen-bond acceptors (Lipinski definition) is 4. The van der Waals surface area contributed by atoms with Gasteiger partial charge in [-0.05, 0) is 37.1 Å². The van der Waals surface area contributed by atoms with Crippen LogP contribution in [-0.2, 0) is 4.79 Å². The Labute approximate surface area is 125 Å². The van der Waals surface area contributed by atoms with Crippen LogP contribution in [0.5, 0.6) is 11.5 Å². The molecule has 0 bridgehead atoms. The molecule has 1 unspecified atom stereocenters. The number of ether oxygens (including phenoxy) is 2. The zero-order valence-corrected chi connectivity index (χ0v) is 12.2. The zero-order valence-electron chi connectivity index (χ0n) is 12.2. The normalized spacial score (nSPS) is 22.0. The number of carbonyl (C=O) groups is 1. The van der Waals surface area contributed by atoms with E-state index in [1.807, 2.05) is 6.07 Å². The summed E-state index contributed by atoms with van der Waals surface area (Å²) in [4.78, 5) is 13.3. The van der Waals surface area contributed by atoms with Crippen LogP contribution in [0.25, 0.3) is 0 Å². The van der Waals surface area contributed by atoms with Gasteiger partial charge in [-0.2, -0.15) is 0 Å². The van der Waals surface area contributed by atoms with Crippen molar-refractivity contribution in [3.05, 3.63) is 23.8 Å². The largest absolute Gasteiger partial charge is 0.490 e. The molecule has 5 heteroatoms. The Kier molecular flexibility index (Phi) is 4.29. The Balaban J connectivity index is 1.76. The fraction of sp³-hybridized carbons (Fsp3) is 0.562. The van der Waals surface area contributed by atoms with Gasteiger partial charge >= 0.3 is 0 Å². The monoisotopic (exact) mass is 290 g/mol. The molecular weight excluding hydrogens is 268 g/mol. The third kappa shape index (κ3) is 3.29. The summed E-state index contributed by atoms with van der Waals surface area (Å²) in [6.45, 7) is 3.16. The third-order valence-electron chi connectivity index (χ3n) is 4.17. The molecule has 114 valence electrons. The molecule has 1 aromatic carbocycles. The maximum atomic E-state index is 11.0. The van der Waals surface area contributed by atoms with E-state index in [1.165, 1.54) is 5.56 Å². The van der Waals surface area contributed by atoms with Crippen LogP contribution in [-0.4, -0.2) is 37.1 Å². The van der Waals surface area contributed by atoms with Crippen LogP contribution in [0.1, 0.15) is 37.3 Å². The van der Waals surface area contributed by atoms with Gasteiger partial charge in [-0.25, -0.2) is 0 Å². The van der Waals surface area contributed by atoms with Gasteiger partial charge in [0, 0.05) is 25.4 Å². The van der Waals surface area contributed by atoms with E-state index in [2.05, 4.69) is 17.0 Å². The molecule has 0 radical (unpaired) electrons. The molecule has 1 aromatic rings. The summed E-state index contributed by atoms with van der Waals surface area (Å²) in [5, 5.41) is 0. The number of amides is 1. The van der Waals surface area contributed by atoms with Crippen LogP contribution in [0.4, 0.5) is 0 Å². The van der Waals surface area contributed by atoms with Gasteiger partial charge < -0.3 is 15.2 Å². The van der Waals surface area contributed by atoms with Crippen LogP contribution in [0.3, 0.4) is 0 Å². The first kappa shape index (κ1) is 14.2. The predicted molar refractivity (Wildman–Crippen MR) is 79.4 cm³/mol. The van der Waals surface area contributed by atoms with Crippen LogP contribution < -0.4 is 15.2 Å². The summed E-state index contributed by atoms with van der Waals surface area (Å²) in [6.07, 6.45) is 3.59. The van der Waals surface area contributed by atoms with Crippen LogP contribution in [0.2, 0.25) is 0 Å². The molecule has 1 fully saturated rings. The van der Waals surface area contributed by atoms with Crippen molar-refractivity contribution in [3.8, 4) is 11.5 Å². The fourth-order valence-corrected chi connectivity index (χ4v) is 3.11. The first-order chi connectivity index (χ1) is 10.2. The summed E-state index contributed by atoms with van der Waals surface area (Å²) in [7, 11) is 0. The number of fused-ring (bicyclic) bond motifs is 1. The standard InChI is InChI=1S/C16H22N2O3/c17-16(19)6-8-18-7-1-3-13(18)12-4-5-14-15(11-12)21-10-2-9-20-14/h4-5,11,13H,1-3,6-10H2,(H2,17,19). The Hall–Kier alpha value is -1.75. The van der Waals surface area contributed by atoms with Crippen LogP contribution in [0, 0.1) is 0 Å². The lowest BCUT2D eigenvalue weighted by Crippen LogP contribution is -2.27. The number of primary amides is 1. The van der Waals surface area contributed by atoms with Gasteiger partial charge in [0.05, 0.1) is 13.2 Å². The average molecular weight is 290 g/mol. The minimum atomic E-state index is -0.237. The van der Waals surface area contributed by atoms with Gasteiger partial charge in [-0.15, -0.1) is 0 Å². The molecule has 2 N–H and O–H groups in total. The molecule has 2 aliphatic heterocycles. The average Bonchev–Trinajstić information content (AvgIpc) is 2.82. The molecule has 1 atom stereocenters. The second-order valence-electron chi connectivity index (χ2n) is 5.67. The smallest absolute Gasteiger partial charge is 0.218 e. The van der Waals surface area contributed by atoms with Crippen molar-refractivity contribution < 1.29 is 14.3 Å². The molecule has 1 amide bonds. The lowest BCUT2D eigenvalue weighted by atomic mass is 10.0. The molecule has 5 nitrogen and oxygen atoms in total. The van der Waals surface area contributed by atoms with Gasteiger partial charge in [0.1, 0.15) is 0 Å². The summed E-state index contributed by atoms with van der Waals surface area (Å²) in [5.41, 5.74) is 6.50. The third-order valence-corrected chi connectivity index (χ3v) is 4.17. The number of hydrogen-bond donors (Lipinski definition) is 1. The molecule has 2 heterocycles. The molecule has 1 saturated heterocycles. The highest BCUT2D eigenvalue weighted by Gasteiger charge is 2.27. The number of rotatable bonds is 4. The lowest BCUT2D eigenvalue weighted by molar-refractivity contribution is -0.118. The molecule has 3 rings (SSSR count). The van der Waals surface area contributed by atoms with Crippen LogP contribution >= 0.6 is 0 Å². The highest BCUT2D eigenvalue weighted by Crippen LogP contribution is 2.37. The molecule has 0 saturated carbocycles. The van der Waals surface area contributed by atoms with Crippen molar-refractivity contribution in [2.45, 2.75) is 31.7 Å². The van der Waals surface area contributed by atoms with Crippen molar-refractivity contribution in [2.75, 3.05) is 26.3 Å². The van der Waals surface area contributed by atoms with E-state index in [0.717, 1.165) is 43.9 Å². The molecule has 0 spiro atoms. The summed E-state index contributed by atoms with van der Waals surface area (Å²) >= 11 is 0. The maximum Gasteiger partial charge on any atom is 0.218 e. The Bertz CT molecular complexity index is 518. The molecule has 21 heavy (non-hydrogen) atoms. The molecular formula is C16H22N2O3. The summed E-state index contributed by atoms with van der Waals surface area (Å²) in [6, 6.07) is 6.55. The highest BCUT2D eigenvalue weighted by molar-refractivity contribution is 5.73. The number of benzene rings is 1. The number of likely N-dealkylation sites (tertiary alicyclic amines) is 1. The first-order valence-electron chi connectivity index (χ1n) is 7.66. The van der Waals surface area contributed by atoms with E-state index in [1.54, 1.807) is 0 Å². The second kappa shape index (κ2) is 6.35. The zero-order chi connectivity index (χ0) is 14.7. The van der Waals surface area contributed by atoms with E-state index in [-0.39, 0.29) is 5.91 Å². The minimum Gasteiger partial charge on any atom is -0.490 e. The van der Waals surface area contributed by atoms with E-state index < -0.39 is 0 Å². The highest BCUT2D eigenvalue weighted by atomic mass is 16.5. The lowest BCUT2D eigenvalue weighted by Gasteiger charge is -2.25. The van der Waals surface area contributed by atoms with Crippen molar-refractivity contribution in [1.82, 2.24) is 4.90 Å². The number of nitrogens with two attached hydrogens (primary N) is 1. The maximum absolute atomic E-state index is 11.0. The fourth-order valence-electron chi connectivity index (χ4n) is 3.11. The Morgan fingerprint density at radius 3 is 2.86 bits per heavy atom. The van der Waals surface area contributed by atoms with Gasteiger partial charge in [0.15, 0.2) is 11.5 Å². The van der Waals surface area contributed by atoms with Gasteiger partial charge in [0.2, 0.25) is 5.91 Å². The summed E-state index contributed by atoms with van der Waals surface area (Å²) < 4.78 is 11.4. The Morgan fingerprint density at radius 2 is 2.05 bits per heavy atom. The van der Waals surface area contributed by atoms with Gasteiger partial charge in [-0.3, -0.25) is 9.69 Å². The van der Waals surface area contributed by atoms with E-state index in [4.69, 9.17) is 15.2 Å². The van der Waals surface area contributed by atoms with Gasteiger partial charge in [-0.1, -0.05) is 6.07 Å². The van der Waals surface area contributed by atoms with Crippen molar-refractivity contribution >= 4 is 5.91 Å². The van der Waals surface area contributed by atoms with Crippen molar-refractivity contribution in [3.63, 3.8) is 0 Å². The van der Waals surface area contributed by atoms with Gasteiger partial charge in [0.25, 0.3) is 0 Å². The van der Waals surface area contributed by atoms with E-state index in [9.17, 15) is 4.79 Å². The Morgan fingerprint density at radius 1 is 1.24 bits per heavy atom.